The van der Waals surface area contributed by atoms with Crippen molar-refractivity contribution in [2.24, 2.45) is 0 Å². The summed E-state index contributed by atoms with van der Waals surface area (Å²) < 4.78 is 0. The fourth-order valence-corrected chi connectivity index (χ4v) is 3.86. The summed E-state index contributed by atoms with van der Waals surface area (Å²) in [4.78, 5) is 26.9. The third-order valence-electron chi connectivity index (χ3n) is 5.76. The van der Waals surface area contributed by atoms with E-state index in [4.69, 9.17) is 5.11 Å². The molecule has 2 heterocycles. The minimum absolute atomic E-state index is 0.123. The van der Waals surface area contributed by atoms with Gasteiger partial charge in [0, 0.05) is 94.5 Å². The lowest BCUT2D eigenvalue weighted by molar-refractivity contribution is -0.385. The molecule has 11 heteroatoms. The van der Waals surface area contributed by atoms with E-state index in [2.05, 4.69) is 20.0 Å². The maximum atomic E-state index is 10.6. The molecule has 0 aromatic heterocycles. The number of β-amino-alcohol motifs (C(OH)–C–C–N with tert-alkyl or cyclic N) is 1. The van der Waals surface area contributed by atoms with Crippen molar-refractivity contribution in [2.75, 3.05) is 75.3 Å². The van der Waals surface area contributed by atoms with E-state index in [1.54, 1.807) is 24.3 Å². The molecule has 4 rings (SSSR count). The molecule has 11 nitrogen and oxygen atoms in total. The van der Waals surface area contributed by atoms with Crippen LogP contribution in [0.5, 0.6) is 0 Å². The highest BCUT2D eigenvalue weighted by Gasteiger charge is 2.17. The van der Waals surface area contributed by atoms with E-state index in [1.807, 2.05) is 12.1 Å². The molecule has 0 saturated carbocycles. The van der Waals surface area contributed by atoms with Crippen molar-refractivity contribution in [3.8, 4) is 0 Å². The number of nitro benzene ring substituents is 2. The summed E-state index contributed by atoms with van der Waals surface area (Å²) in [7, 11) is 0. The predicted molar refractivity (Wildman–Crippen MR) is 127 cm³/mol. The van der Waals surface area contributed by atoms with Crippen LogP contribution < -0.4 is 15.1 Å². The summed E-state index contributed by atoms with van der Waals surface area (Å²) in [6.07, 6.45) is 0. The Morgan fingerprint density at radius 2 is 1.15 bits per heavy atom. The molecule has 2 saturated heterocycles. The molecule has 0 aliphatic carbocycles. The summed E-state index contributed by atoms with van der Waals surface area (Å²) in [6, 6.07) is 13.4. The zero-order valence-corrected chi connectivity index (χ0v) is 18.5. The van der Waals surface area contributed by atoms with Crippen molar-refractivity contribution >= 4 is 22.7 Å². The lowest BCUT2D eigenvalue weighted by Crippen LogP contribution is -2.47. The second-order valence-corrected chi connectivity index (χ2v) is 7.84. The van der Waals surface area contributed by atoms with Crippen LogP contribution in [-0.4, -0.2) is 85.4 Å². The van der Waals surface area contributed by atoms with Crippen molar-refractivity contribution in [3.05, 3.63) is 68.8 Å². The quantitative estimate of drug-likeness (QED) is 0.491. The summed E-state index contributed by atoms with van der Waals surface area (Å²) in [5.41, 5.74) is 2.35. The van der Waals surface area contributed by atoms with E-state index in [-0.39, 0.29) is 27.8 Å². The van der Waals surface area contributed by atoms with E-state index >= 15 is 0 Å². The van der Waals surface area contributed by atoms with Gasteiger partial charge in [-0.1, -0.05) is 0 Å². The summed E-state index contributed by atoms with van der Waals surface area (Å²) >= 11 is 0. The Morgan fingerprint density at radius 1 is 0.727 bits per heavy atom. The molecule has 2 aliphatic rings. The number of nitrogens with one attached hydrogen (secondary N) is 1. The van der Waals surface area contributed by atoms with Crippen LogP contribution in [0.1, 0.15) is 0 Å². The lowest BCUT2D eigenvalue weighted by Gasteiger charge is -2.35. The van der Waals surface area contributed by atoms with Gasteiger partial charge in [0.2, 0.25) is 0 Å². The van der Waals surface area contributed by atoms with Crippen LogP contribution >= 0.6 is 0 Å². The predicted octanol–water partition coefficient (Wildman–Crippen LogP) is 1.71. The first-order chi connectivity index (χ1) is 16.0. The van der Waals surface area contributed by atoms with Crippen LogP contribution in [0.3, 0.4) is 0 Å². The molecule has 0 radical (unpaired) electrons. The third-order valence-corrected chi connectivity index (χ3v) is 5.76. The number of anilines is 2. The molecule has 0 amide bonds. The molecular weight excluding hydrogens is 428 g/mol. The first-order valence-electron chi connectivity index (χ1n) is 11.0. The van der Waals surface area contributed by atoms with Gasteiger partial charge in [-0.05, 0) is 24.3 Å². The number of aliphatic hydroxyl groups excluding tert-OH is 1. The highest BCUT2D eigenvalue weighted by molar-refractivity contribution is 5.52. The molecule has 0 bridgehead atoms. The van der Waals surface area contributed by atoms with Crippen LogP contribution in [0.25, 0.3) is 0 Å². The standard InChI is InChI=1S/C12H17N3O3.C10H13N3O2/c16-10-9-13-5-7-14(8-6-13)11-1-3-12(4-2-11)15(17)18;14-13(15)10-3-1-9(2-4-10)12-7-5-11-6-8-12/h1-4,16H,5-10H2;1-4,11H,5-8H2. The van der Waals surface area contributed by atoms with Gasteiger partial charge in [-0.25, -0.2) is 0 Å². The van der Waals surface area contributed by atoms with Crippen molar-refractivity contribution in [1.82, 2.24) is 10.2 Å². The number of nitro groups is 2. The summed E-state index contributed by atoms with van der Waals surface area (Å²) in [5.74, 6) is 0. The smallest absolute Gasteiger partial charge is 0.269 e. The topological polar surface area (TPSA) is 128 Å². The van der Waals surface area contributed by atoms with E-state index in [1.165, 1.54) is 12.1 Å². The van der Waals surface area contributed by atoms with Crippen molar-refractivity contribution in [1.29, 1.82) is 0 Å². The van der Waals surface area contributed by atoms with E-state index in [9.17, 15) is 20.2 Å². The van der Waals surface area contributed by atoms with Gasteiger partial charge < -0.3 is 20.2 Å². The Balaban J connectivity index is 0.000000189. The summed E-state index contributed by atoms with van der Waals surface area (Å²) in [5, 5.41) is 33.2. The first-order valence-corrected chi connectivity index (χ1v) is 11.0. The van der Waals surface area contributed by atoms with Gasteiger partial charge in [-0.3, -0.25) is 25.1 Å². The molecule has 33 heavy (non-hydrogen) atoms. The molecule has 2 aliphatic heterocycles. The third kappa shape index (κ3) is 7.11. The molecule has 0 unspecified atom stereocenters. The molecule has 2 aromatic carbocycles. The largest absolute Gasteiger partial charge is 0.395 e. The number of nitrogens with zero attached hydrogens (tertiary/aromatic N) is 5. The number of hydrogen-bond acceptors (Lipinski definition) is 9. The Bertz CT molecular complexity index is 894. The zero-order valence-electron chi connectivity index (χ0n) is 18.5. The minimum Gasteiger partial charge on any atom is -0.395 e. The van der Waals surface area contributed by atoms with Crippen LogP contribution in [-0.2, 0) is 0 Å². The minimum atomic E-state index is -0.386. The monoisotopic (exact) mass is 458 g/mol. The van der Waals surface area contributed by atoms with Crippen molar-refractivity contribution < 1.29 is 15.0 Å². The number of benzene rings is 2. The van der Waals surface area contributed by atoms with Crippen LogP contribution in [0.4, 0.5) is 22.7 Å². The average Bonchev–Trinajstić information content (AvgIpc) is 2.86. The Morgan fingerprint density at radius 3 is 1.55 bits per heavy atom. The molecule has 2 aromatic rings. The van der Waals surface area contributed by atoms with Gasteiger partial charge in [0.15, 0.2) is 0 Å². The van der Waals surface area contributed by atoms with E-state index < -0.39 is 0 Å². The molecule has 2 N–H and O–H groups in total. The summed E-state index contributed by atoms with van der Waals surface area (Å²) in [6.45, 7) is 8.36. The lowest BCUT2D eigenvalue weighted by atomic mass is 10.2. The fourth-order valence-electron chi connectivity index (χ4n) is 3.86. The van der Waals surface area contributed by atoms with Gasteiger partial charge in [-0.2, -0.15) is 0 Å². The number of hydrogen-bond donors (Lipinski definition) is 2. The molecule has 178 valence electrons. The number of aliphatic hydroxyl groups is 1. The van der Waals surface area contributed by atoms with E-state index in [0.717, 1.165) is 63.7 Å². The van der Waals surface area contributed by atoms with E-state index in [0.29, 0.717) is 6.54 Å². The molecule has 2 fully saturated rings. The normalized spacial score (nSPS) is 16.6. The second-order valence-electron chi connectivity index (χ2n) is 7.84. The maximum Gasteiger partial charge on any atom is 0.269 e. The second kappa shape index (κ2) is 12.1. The number of piperazine rings is 2. The number of non-ortho nitro benzene ring substituents is 2. The highest BCUT2D eigenvalue weighted by Crippen LogP contribution is 2.21. The maximum absolute atomic E-state index is 10.6. The Hall–Kier alpha value is -3.28. The van der Waals surface area contributed by atoms with Crippen LogP contribution in [0.15, 0.2) is 48.5 Å². The van der Waals surface area contributed by atoms with Crippen molar-refractivity contribution in [2.45, 2.75) is 0 Å². The molecule has 0 spiro atoms. The van der Waals surface area contributed by atoms with Gasteiger partial charge in [0.05, 0.1) is 16.5 Å². The van der Waals surface area contributed by atoms with Crippen LogP contribution in [0.2, 0.25) is 0 Å². The Kier molecular flexibility index (Phi) is 8.93. The fraction of sp³-hybridized carbons (Fsp3) is 0.455. The highest BCUT2D eigenvalue weighted by atomic mass is 16.6. The Labute approximate surface area is 192 Å². The molecule has 0 atom stereocenters. The molecular formula is C22H30N6O5. The van der Waals surface area contributed by atoms with Crippen molar-refractivity contribution in [3.63, 3.8) is 0 Å². The first kappa shape index (κ1) is 24.4. The zero-order chi connectivity index (χ0) is 23.6. The number of rotatable bonds is 6. The van der Waals surface area contributed by atoms with Gasteiger partial charge in [0.25, 0.3) is 11.4 Å². The SMILES string of the molecule is O=[N+]([O-])c1ccc(N2CCN(CCO)CC2)cc1.O=[N+]([O-])c1ccc(N2CCNCC2)cc1. The average molecular weight is 459 g/mol. The van der Waals surface area contributed by atoms with Gasteiger partial charge >= 0.3 is 0 Å². The van der Waals surface area contributed by atoms with Crippen LogP contribution in [0, 0.1) is 20.2 Å². The van der Waals surface area contributed by atoms with Gasteiger partial charge in [-0.15, -0.1) is 0 Å². The van der Waals surface area contributed by atoms with Gasteiger partial charge in [0.1, 0.15) is 0 Å².